The van der Waals surface area contributed by atoms with Gasteiger partial charge in [-0.15, -0.1) is 0 Å². The average Bonchev–Trinajstić information content (AvgIpc) is 2.38. The van der Waals surface area contributed by atoms with Gasteiger partial charge in [0.15, 0.2) is 11.5 Å². The molecule has 0 spiro atoms. The van der Waals surface area contributed by atoms with Gasteiger partial charge in [-0.05, 0) is 17.7 Å². The second-order valence-corrected chi connectivity index (χ2v) is 5.37. The molecule has 0 saturated heterocycles. The Labute approximate surface area is 129 Å². The number of rotatable bonds is 6. The van der Waals surface area contributed by atoms with E-state index in [1.807, 2.05) is 0 Å². The molecule has 8 heteroatoms. The number of carboxylic acid groups (broad SMARTS) is 2. The Balaban J connectivity index is 2.19. The van der Waals surface area contributed by atoms with Crippen molar-refractivity contribution < 1.29 is 29.3 Å². The third-order valence-corrected chi connectivity index (χ3v) is 3.56. The third-order valence-electron chi connectivity index (χ3n) is 2.82. The van der Waals surface area contributed by atoms with E-state index in [1.54, 1.807) is 12.1 Å². The summed E-state index contributed by atoms with van der Waals surface area (Å²) < 4.78 is 11.6. The van der Waals surface area contributed by atoms with Crippen molar-refractivity contribution in [3.8, 4) is 11.5 Å². The number of hydrogen-bond donors (Lipinski definition) is 2. The monoisotopic (exact) mass is 359 g/mol. The van der Waals surface area contributed by atoms with E-state index in [0.29, 0.717) is 29.2 Å². The van der Waals surface area contributed by atoms with Gasteiger partial charge in [-0.1, -0.05) is 15.9 Å². The van der Waals surface area contributed by atoms with Gasteiger partial charge in [0.05, 0.1) is 13.1 Å². The van der Waals surface area contributed by atoms with Crippen LogP contribution in [0.2, 0.25) is 0 Å². The zero-order chi connectivity index (χ0) is 15.4. The highest BCUT2D eigenvalue weighted by molar-refractivity contribution is 9.10. The summed E-state index contributed by atoms with van der Waals surface area (Å²) in [6.45, 7) is 0.390. The first-order valence-corrected chi connectivity index (χ1v) is 6.99. The second kappa shape index (κ2) is 6.77. The quantitative estimate of drug-likeness (QED) is 0.787. The van der Waals surface area contributed by atoms with Gasteiger partial charge >= 0.3 is 11.9 Å². The van der Waals surface area contributed by atoms with Crippen LogP contribution < -0.4 is 9.47 Å². The summed E-state index contributed by atoms with van der Waals surface area (Å²) in [4.78, 5) is 22.9. The molecule has 1 aliphatic rings. The highest BCUT2D eigenvalue weighted by Crippen LogP contribution is 2.35. The SMILES string of the molecule is O=C(O)CN(CC(=O)O)Cc1cc2c(cc1Br)OCCO2. The Morgan fingerprint density at radius 1 is 1.10 bits per heavy atom. The lowest BCUT2D eigenvalue weighted by Gasteiger charge is -2.22. The average molecular weight is 360 g/mol. The normalized spacial score (nSPS) is 13.2. The minimum Gasteiger partial charge on any atom is -0.486 e. The van der Waals surface area contributed by atoms with Crippen molar-refractivity contribution in [1.29, 1.82) is 0 Å². The highest BCUT2D eigenvalue weighted by atomic mass is 79.9. The first-order valence-electron chi connectivity index (χ1n) is 6.19. The Morgan fingerprint density at radius 2 is 1.62 bits per heavy atom. The van der Waals surface area contributed by atoms with E-state index in [4.69, 9.17) is 19.7 Å². The van der Waals surface area contributed by atoms with Gasteiger partial charge < -0.3 is 19.7 Å². The standard InChI is InChI=1S/C13H14BrNO6/c14-9-4-11-10(20-1-2-21-11)3-8(9)5-15(6-12(16)17)7-13(18)19/h3-4H,1-2,5-7H2,(H,16,17)(H,18,19). The third kappa shape index (κ3) is 4.33. The Kier molecular flexibility index (Phi) is 5.03. The van der Waals surface area contributed by atoms with E-state index in [2.05, 4.69) is 15.9 Å². The lowest BCUT2D eigenvalue weighted by Crippen LogP contribution is -2.34. The molecule has 1 aromatic rings. The number of carbonyl (C=O) groups is 2. The summed E-state index contributed by atoms with van der Waals surface area (Å²) in [6, 6.07) is 3.47. The van der Waals surface area contributed by atoms with E-state index >= 15 is 0 Å². The fourth-order valence-corrected chi connectivity index (χ4v) is 2.47. The van der Waals surface area contributed by atoms with Crippen LogP contribution >= 0.6 is 15.9 Å². The maximum atomic E-state index is 10.8. The molecule has 0 unspecified atom stereocenters. The van der Waals surface area contributed by atoms with Crippen LogP contribution in [0.5, 0.6) is 11.5 Å². The van der Waals surface area contributed by atoms with Crippen molar-refractivity contribution in [3.63, 3.8) is 0 Å². The molecule has 1 heterocycles. The molecule has 1 aromatic carbocycles. The van der Waals surface area contributed by atoms with E-state index in [-0.39, 0.29) is 19.6 Å². The molecule has 0 saturated carbocycles. The van der Waals surface area contributed by atoms with E-state index in [1.165, 1.54) is 4.90 Å². The summed E-state index contributed by atoms with van der Waals surface area (Å²) in [7, 11) is 0. The molecule has 0 bridgehead atoms. The van der Waals surface area contributed by atoms with Crippen molar-refractivity contribution >= 4 is 27.9 Å². The van der Waals surface area contributed by atoms with Crippen LogP contribution in [-0.4, -0.2) is 53.4 Å². The Morgan fingerprint density at radius 3 is 2.14 bits per heavy atom. The Bertz CT molecular complexity index is 546. The molecule has 2 N–H and O–H groups in total. The molecule has 0 atom stereocenters. The van der Waals surface area contributed by atoms with Gasteiger partial charge in [-0.2, -0.15) is 0 Å². The zero-order valence-corrected chi connectivity index (χ0v) is 12.6. The maximum Gasteiger partial charge on any atom is 0.317 e. The molecule has 0 fully saturated rings. The molecule has 0 radical (unpaired) electrons. The lowest BCUT2D eigenvalue weighted by molar-refractivity contribution is -0.142. The van der Waals surface area contributed by atoms with Crippen molar-refractivity contribution in [3.05, 3.63) is 22.2 Å². The van der Waals surface area contributed by atoms with E-state index < -0.39 is 11.9 Å². The molecule has 114 valence electrons. The summed E-state index contributed by atoms with van der Waals surface area (Å²) >= 11 is 3.38. The van der Waals surface area contributed by atoms with Crippen LogP contribution in [0.4, 0.5) is 0 Å². The molecule has 7 nitrogen and oxygen atoms in total. The molecular formula is C13H14BrNO6. The van der Waals surface area contributed by atoms with Crippen molar-refractivity contribution in [2.24, 2.45) is 0 Å². The van der Waals surface area contributed by atoms with Gasteiger partial charge in [-0.25, -0.2) is 0 Å². The number of aliphatic carboxylic acids is 2. The van der Waals surface area contributed by atoms with Crippen LogP contribution in [0.1, 0.15) is 5.56 Å². The van der Waals surface area contributed by atoms with Crippen LogP contribution in [0.25, 0.3) is 0 Å². The van der Waals surface area contributed by atoms with E-state index in [9.17, 15) is 9.59 Å². The van der Waals surface area contributed by atoms with Crippen LogP contribution in [0.3, 0.4) is 0 Å². The van der Waals surface area contributed by atoms with Crippen molar-refractivity contribution in [2.45, 2.75) is 6.54 Å². The topological polar surface area (TPSA) is 96.3 Å². The van der Waals surface area contributed by atoms with Gasteiger partial charge in [0, 0.05) is 11.0 Å². The molecule has 21 heavy (non-hydrogen) atoms. The minimum atomic E-state index is -1.08. The number of nitrogens with zero attached hydrogens (tertiary/aromatic N) is 1. The second-order valence-electron chi connectivity index (χ2n) is 4.52. The van der Waals surface area contributed by atoms with Gasteiger partial charge in [0.1, 0.15) is 13.2 Å². The molecule has 0 aliphatic carbocycles. The summed E-state index contributed by atoms with van der Waals surface area (Å²) in [5.41, 5.74) is 0.738. The predicted molar refractivity (Wildman–Crippen MR) is 75.7 cm³/mol. The summed E-state index contributed by atoms with van der Waals surface area (Å²) in [5, 5.41) is 17.7. The molecule has 2 rings (SSSR count). The number of carboxylic acids is 2. The largest absolute Gasteiger partial charge is 0.486 e. The number of benzene rings is 1. The number of halogens is 1. The van der Waals surface area contributed by atoms with Crippen molar-refractivity contribution in [2.75, 3.05) is 26.3 Å². The molecular weight excluding hydrogens is 346 g/mol. The van der Waals surface area contributed by atoms with E-state index in [0.717, 1.165) is 5.56 Å². The number of fused-ring (bicyclic) bond motifs is 1. The lowest BCUT2D eigenvalue weighted by atomic mass is 10.1. The van der Waals surface area contributed by atoms with Crippen LogP contribution in [0, 0.1) is 0 Å². The smallest absolute Gasteiger partial charge is 0.317 e. The van der Waals surface area contributed by atoms with Crippen molar-refractivity contribution in [1.82, 2.24) is 4.90 Å². The van der Waals surface area contributed by atoms with Gasteiger partial charge in [0.25, 0.3) is 0 Å². The summed E-state index contributed by atoms with van der Waals surface area (Å²) in [6.07, 6.45) is 0. The molecule has 0 aromatic heterocycles. The highest BCUT2D eigenvalue weighted by Gasteiger charge is 2.19. The minimum absolute atomic E-state index is 0.176. The molecule has 0 amide bonds. The fourth-order valence-electron chi connectivity index (χ4n) is 2.02. The maximum absolute atomic E-state index is 10.8. The van der Waals surface area contributed by atoms with Crippen LogP contribution in [-0.2, 0) is 16.1 Å². The predicted octanol–water partition coefficient (Wildman–Crippen LogP) is 1.19. The number of hydrogen-bond acceptors (Lipinski definition) is 5. The summed E-state index contributed by atoms with van der Waals surface area (Å²) in [5.74, 6) is -0.972. The first kappa shape index (κ1) is 15.6. The molecule has 1 aliphatic heterocycles. The van der Waals surface area contributed by atoms with Crippen LogP contribution in [0.15, 0.2) is 16.6 Å². The number of ether oxygens (including phenoxy) is 2. The van der Waals surface area contributed by atoms with Gasteiger partial charge in [0.2, 0.25) is 0 Å². The zero-order valence-electron chi connectivity index (χ0n) is 11.0. The Hall–Kier alpha value is -1.80. The fraction of sp³-hybridized carbons (Fsp3) is 0.385. The first-order chi connectivity index (χ1) is 9.95. The van der Waals surface area contributed by atoms with Gasteiger partial charge in [-0.3, -0.25) is 14.5 Å².